The van der Waals surface area contributed by atoms with E-state index in [-0.39, 0.29) is 13.0 Å². The van der Waals surface area contributed by atoms with Gasteiger partial charge in [-0.25, -0.2) is 0 Å². The highest BCUT2D eigenvalue weighted by Crippen LogP contribution is 2.27. The van der Waals surface area contributed by atoms with Gasteiger partial charge in [0, 0.05) is 0 Å². The van der Waals surface area contributed by atoms with Crippen molar-refractivity contribution in [3.8, 4) is 0 Å². The van der Waals surface area contributed by atoms with Crippen molar-refractivity contribution in [2.24, 2.45) is 5.41 Å². The Morgan fingerprint density at radius 2 is 2.07 bits per heavy atom. The van der Waals surface area contributed by atoms with Crippen molar-refractivity contribution in [1.82, 2.24) is 0 Å². The molecule has 0 aliphatic heterocycles. The van der Waals surface area contributed by atoms with Gasteiger partial charge in [-0.1, -0.05) is 19.4 Å². The van der Waals surface area contributed by atoms with E-state index in [1.54, 1.807) is 13.8 Å². The lowest BCUT2D eigenvalue weighted by atomic mass is 9.83. The molecule has 0 rings (SSSR count). The van der Waals surface area contributed by atoms with E-state index in [2.05, 4.69) is 6.58 Å². The summed E-state index contributed by atoms with van der Waals surface area (Å²) in [4.78, 5) is 22.4. The highest BCUT2D eigenvalue weighted by Gasteiger charge is 2.43. The normalized spacial score (nSPS) is 14.1. The summed E-state index contributed by atoms with van der Waals surface area (Å²) >= 11 is 0. The number of hydrogen-bond donors (Lipinski definition) is 1. The predicted molar refractivity (Wildman–Crippen MR) is 51.8 cm³/mol. The lowest BCUT2D eigenvalue weighted by Gasteiger charge is -2.22. The van der Waals surface area contributed by atoms with E-state index in [4.69, 9.17) is 9.84 Å². The quantitative estimate of drug-likeness (QED) is 0.402. The summed E-state index contributed by atoms with van der Waals surface area (Å²) in [6.45, 7) is 7.01. The molecule has 0 amide bonds. The Balaban J connectivity index is 4.92. The van der Waals surface area contributed by atoms with Gasteiger partial charge in [0.2, 0.25) is 0 Å². The summed E-state index contributed by atoms with van der Waals surface area (Å²) in [6.07, 6.45) is 1.94. The topological polar surface area (TPSA) is 63.6 Å². The van der Waals surface area contributed by atoms with E-state index in [0.717, 1.165) is 6.08 Å². The molecule has 0 radical (unpaired) electrons. The first-order chi connectivity index (χ1) is 6.55. The van der Waals surface area contributed by atoms with Crippen LogP contribution >= 0.6 is 0 Å². The largest absolute Gasteiger partial charge is 0.480 e. The number of carbonyl (C=O) groups is 2. The molecule has 0 spiro atoms. The third kappa shape index (κ3) is 2.34. The van der Waals surface area contributed by atoms with Crippen molar-refractivity contribution < 1.29 is 19.4 Å². The molecule has 0 fully saturated rings. The van der Waals surface area contributed by atoms with Crippen LogP contribution in [0.5, 0.6) is 0 Å². The standard InChI is InChI=1S/C10H16O4/c1-4-7-10(5-2,8(11)12)9(13)14-6-3/h5H,2,4,6-7H2,1,3H3,(H,11,12). The fraction of sp³-hybridized carbons (Fsp3) is 0.600. The monoisotopic (exact) mass is 200 g/mol. The van der Waals surface area contributed by atoms with E-state index >= 15 is 0 Å². The van der Waals surface area contributed by atoms with E-state index < -0.39 is 17.4 Å². The smallest absolute Gasteiger partial charge is 0.327 e. The third-order valence-corrected chi connectivity index (χ3v) is 2.01. The number of carboxylic acid groups (broad SMARTS) is 1. The molecule has 1 atom stereocenters. The highest BCUT2D eigenvalue weighted by molar-refractivity contribution is 6.01. The first kappa shape index (κ1) is 12.7. The molecule has 0 aliphatic carbocycles. The second-order valence-electron chi connectivity index (χ2n) is 2.95. The molecule has 0 bridgehead atoms. The predicted octanol–water partition coefficient (Wildman–Crippen LogP) is 1.61. The second kappa shape index (κ2) is 5.42. The van der Waals surface area contributed by atoms with Gasteiger partial charge in [-0.3, -0.25) is 9.59 Å². The first-order valence-electron chi connectivity index (χ1n) is 4.59. The van der Waals surface area contributed by atoms with Gasteiger partial charge in [0.05, 0.1) is 6.61 Å². The van der Waals surface area contributed by atoms with Crippen molar-refractivity contribution in [3.63, 3.8) is 0 Å². The maximum Gasteiger partial charge on any atom is 0.327 e. The number of ether oxygens (including phenoxy) is 1. The summed E-state index contributed by atoms with van der Waals surface area (Å²) in [7, 11) is 0. The molecular formula is C10H16O4. The minimum atomic E-state index is -1.58. The maximum absolute atomic E-state index is 11.5. The summed E-state index contributed by atoms with van der Waals surface area (Å²) in [5.41, 5.74) is -1.58. The van der Waals surface area contributed by atoms with Gasteiger partial charge < -0.3 is 9.84 Å². The van der Waals surface area contributed by atoms with Crippen molar-refractivity contribution >= 4 is 11.9 Å². The lowest BCUT2D eigenvalue weighted by molar-refractivity contribution is -0.165. The Hall–Kier alpha value is -1.32. The zero-order valence-electron chi connectivity index (χ0n) is 8.58. The Morgan fingerprint density at radius 3 is 2.36 bits per heavy atom. The Kier molecular flexibility index (Phi) is 4.91. The van der Waals surface area contributed by atoms with Crippen LogP contribution in [0.3, 0.4) is 0 Å². The van der Waals surface area contributed by atoms with E-state index in [9.17, 15) is 9.59 Å². The molecular weight excluding hydrogens is 184 g/mol. The second-order valence-corrected chi connectivity index (χ2v) is 2.95. The number of aliphatic carboxylic acids is 1. The number of rotatable bonds is 6. The molecule has 0 aromatic rings. The SMILES string of the molecule is C=CC(CCC)(C(=O)O)C(=O)OCC. The van der Waals surface area contributed by atoms with Crippen molar-refractivity contribution in [2.75, 3.05) is 6.61 Å². The molecule has 0 aromatic carbocycles. The molecule has 80 valence electrons. The highest BCUT2D eigenvalue weighted by atomic mass is 16.5. The Bertz CT molecular complexity index is 234. The van der Waals surface area contributed by atoms with Gasteiger partial charge in [0.15, 0.2) is 5.41 Å². The molecule has 0 saturated heterocycles. The number of carbonyl (C=O) groups excluding carboxylic acids is 1. The minimum Gasteiger partial charge on any atom is -0.480 e. The molecule has 0 heterocycles. The van der Waals surface area contributed by atoms with Crippen molar-refractivity contribution in [1.29, 1.82) is 0 Å². The van der Waals surface area contributed by atoms with Gasteiger partial charge in [-0.2, -0.15) is 0 Å². The summed E-state index contributed by atoms with van der Waals surface area (Å²) < 4.78 is 4.72. The Labute approximate surface area is 83.6 Å². The van der Waals surface area contributed by atoms with Gasteiger partial charge >= 0.3 is 11.9 Å². The fourth-order valence-electron chi connectivity index (χ4n) is 1.22. The van der Waals surface area contributed by atoms with Gasteiger partial charge in [0.25, 0.3) is 0 Å². The zero-order chi connectivity index (χ0) is 11.2. The van der Waals surface area contributed by atoms with Crippen molar-refractivity contribution in [3.05, 3.63) is 12.7 Å². The summed E-state index contributed by atoms with van der Waals surface area (Å²) in [5, 5.41) is 8.98. The minimum absolute atomic E-state index is 0.172. The molecule has 0 saturated carbocycles. The van der Waals surface area contributed by atoms with Crippen LogP contribution < -0.4 is 0 Å². The maximum atomic E-state index is 11.5. The summed E-state index contributed by atoms with van der Waals surface area (Å²) in [6, 6.07) is 0. The molecule has 14 heavy (non-hydrogen) atoms. The first-order valence-corrected chi connectivity index (χ1v) is 4.59. The van der Waals surface area contributed by atoms with E-state index in [0.29, 0.717) is 6.42 Å². The van der Waals surface area contributed by atoms with Crippen LogP contribution in [0.1, 0.15) is 26.7 Å². The van der Waals surface area contributed by atoms with Gasteiger partial charge in [-0.05, 0) is 13.3 Å². The van der Waals surface area contributed by atoms with Crippen LogP contribution in [-0.2, 0) is 14.3 Å². The Morgan fingerprint density at radius 1 is 1.50 bits per heavy atom. The summed E-state index contributed by atoms with van der Waals surface area (Å²) in [5.74, 6) is -1.93. The third-order valence-electron chi connectivity index (χ3n) is 2.01. The average Bonchev–Trinajstić information content (AvgIpc) is 2.14. The molecule has 4 heteroatoms. The molecule has 0 aliphatic rings. The average molecular weight is 200 g/mol. The van der Waals surface area contributed by atoms with Gasteiger partial charge in [-0.15, -0.1) is 6.58 Å². The molecule has 1 unspecified atom stereocenters. The van der Waals surface area contributed by atoms with Crippen LogP contribution in [0.4, 0.5) is 0 Å². The van der Waals surface area contributed by atoms with Crippen LogP contribution in [-0.4, -0.2) is 23.7 Å². The lowest BCUT2D eigenvalue weighted by Crippen LogP contribution is -2.38. The molecule has 1 N–H and O–H groups in total. The van der Waals surface area contributed by atoms with Crippen LogP contribution in [0.2, 0.25) is 0 Å². The van der Waals surface area contributed by atoms with Gasteiger partial charge in [0.1, 0.15) is 0 Å². The van der Waals surface area contributed by atoms with Crippen molar-refractivity contribution in [2.45, 2.75) is 26.7 Å². The fourth-order valence-corrected chi connectivity index (χ4v) is 1.22. The van der Waals surface area contributed by atoms with Crippen LogP contribution in [0.15, 0.2) is 12.7 Å². The number of carboxylic acids is 1. The zero-order valence-corrected chi connectivity index (χ0v) is 8.58. The van der Waals surface area contributed by atoms with E-state index in [1.807, 2.05) is 0 Å². The molecule has 0 aromatic heterocycles. The van der Waals surface area contributed by atoms with Crippen LogP contribution in [0.25, 0.3) is 0 Å². The molecule has 4 nitrogen and oxygen atoms in total. The number of esters is 1. The number of hydrogen-bond acceptors (Lipinski definition) is 3. The van der Waals surface area contributed by atoms with Crippen LogP contribution in [0, 0.1) is 5.41 Å². The van der Waals surface area contributed by atoms with E-state index in [1.165, 1.54) is 0 Å².